The predicted octanol–water partition coefficient (Wildman–Crippen LogP) is 5.44. The molecule has 1 fully saturated rings. The molecule has 23 heavy (non-hydrogen) atoms. The van der Waals surface area contributed by atoms with Crippen LogP contribution in [0.5, 0.6) is 11.5 Å². The quantitative estimate of drug-likeness (QED) is 0.815. The second kappa shape index (κ2) is 5.92. The van der Waals surface area contributed by atoms with Crippen molar-refractivity contribution in [1.82, 2.24) is 0 Å². The number of phenols is 1. The zero-order chi connectivity index (χ0) is 16.5. The van der Waals surface area contributed by atoms with E-state index in [1.807, 2.05) is 30.3 Å². The molecular weight excluding hydrogens is 284 g/mol. The lowest BCUT2D eigenvalue weighted by Gasteiger charge is -2.40. The molecule has 2 nitrogen and oxygen atoms in total. The fourth-order valence-electron chi connectivity index (χ4n) is 3.81. The van der Waals surface area contributed by atoms with E-state index in [0.29, 0.717) is 12.4 Å². The molecule has 1 aliphatic rings. The van der Waals surface area contributed by atoms with Crippen molar-refractivity contribution in [1.29, 1.82) is 0 Å². The summed E-state index contributed by atoms with van der Waals surface area (Å²) in [4.78, 5) is 0. The average Bonchev–Trinajstić information content (AvgIpc) is 2.81. The number of hydrogen-bond donors (Lipinski definition) is 1. The number of hydrogen-bond acceptors (Lipinski definition) is 2. The summed E-state index contributed by atoms with van der Waals surface area (Å²) in [5, 5.41) is 10.0. The summed E-state index contributed by atoms with van der Waals surface area (Å²) >= 11 is 0. The van der Waals surface area contributed by atoms with Gasteiger partial charge in [0.1, 0.15) is 18.1 Å². The van der Waals surface area contributed by atoms with Crippen LogP contribution in [0.4, 0.5) is 0 Å². The van der Waals surface area contributed by atoms with Crippen LogP contribution in [-0.4, -0.2) is 5.11 Å². The molecular formula is C21H26O2. The van der Waals surface area contributed by atoms with E-state index >= 15 is 0 Å². The van der Waals surface area contributed by atoms with Crippen molar-refractivity contribution in [2.24, 2.45) is 5.41 Å². The molecule has 0 aromatic heterocycles. The van der Waals surface area contributed by atoms with Crippen LogP contribution in [0.1, 0.15) is 51.2 Å². The average molecular weight is 310 g/mol. The van der Waals surface area contributed by atoms with Gasteiger partial charge in [-0.15, -0.1) is 0 Å². The molecule has 0 saturated heterocycles. The molecule has 0 heterocycles. The molecule has 2 aromatic rings. The van der Waals surface area contributed by atoms with Gasteiger partial charge in [0.05, 0.1) is 0 Å². The number of ether oxygens (including phenoxy) is 1. The lowest BCUT2D eigenvalue weighted by Crippen LogP contribution is -2.34. The van der Waals surface area contributed by atoms with Crippen LogP contribution >= 0.6 is 0 Å². The SMILES string of the molecule is CC1(C)CCC[C@]1(C)c1cc(O)ccc1OCc1ccccc1. The van der Waals surface area contributed by atoms with Crippen LogP contribution in [0.25, 0.3) is 0 Å². The second-order valence-corrected chi connectivity index (χ2v) is 7.52. The van der Waals surface area contributed by atoms with Crippen molar-refractivity contribution in [2.75, 3.05) is 0 Å². The molecule has 3 rings (SSSR count). The monoisotopic (exact) mass is 310 g/mol. The van der Waals surface area contributed by atoms with Crippen molar-refractivity contribution in [3.05, 3.63) is 59.7 Å². The van der Waals surface area contributed by atoms with Gasteiger partial charge in [-0.3, -0.25) is 0 Å². The van der Waals surface area contributed by atoms with E-state index in [-0.39, 0.29) is 10.8 Å². The third-order valence-corrected chi connectivity index (χ3v) is 5.77. The highest BCUT2D eigenvalue weighted by atomic mass is 16.5. The molecule has 0 bridgehead atoms. The minimum Gasteiger partial charge on any atom is -0.508 e. The third-order valence-electron chi connectivity index (χ3n) is 5.77. The lowest BCUT2D eigenvalue weighted by atomic mass is 9.65. The topological polar surface area (TPSA) is 29.5 Å². The van der Waals surface area contributed by atoms with E-state index < -0.39 is 0 Å². The summed E-state index contributed by atoms with van der Waals surface area (Å²) in [5.41, 5.74) is 2.52. The fraction of sp³-hybridized carbons (Fsp3) is 0.429. The van der Waals surface area contributed by atoms with Gasteiger partial charge in [0, 0.05) is 11.0 Å². The summed E-state index contributed by atoms with van der Waals surface area (Å²) in [6, 6.07) is 15.7. The molecule has 0 unspecified atom stereocenters. The van der Waals surface area contributed by atoms with Crippen molar-refractivity contribution in [3.8, 4) is 11.5 Å². The van der Waals surface area contributed by atoms with E-state index in [4.69, 9.17) is 4.74 Å². The van der Waals surface area contributed by atoms with Gasteiger partial charge in [-0.05, 0) is 42.0 Å². The van der Waals surface area contributed by atoms with Gasteiger partial charge in [0.15, 0.2) is 0 Å². The number of rotatable bonds is 4. The lowest BCUT2D eigenvalue weighted by molar-refractivity contribution is 0.211. The Labute approximate surface area is 139 Å². The molecule has 0 aliphatic heterocycles. The van der Waals surface area contributed by atoms with Crippen LogP contribution in [0.3, 0.4) is 0 Å². The Morgan fingerprint density at radius 3 is 2.39 bits per heavy atom. The Balaban J connectivity index is 1.92. The van der Waals surface area contributed by atoms with Crippen LogP contribution in [0.15, 0.2) is 48.5 Å². The maximum Gasteiger partial charge on any atom is 0.123 e. The highest BCUT2D eigenvalue weighted by Crippen LogP contribution is 2.56. The Kier molecular flexibility index (Phi) is 4.09. The molecule has 1 N–H and O–H groups in total. The maximum atomic E-state index is 10.0. The highest BCUT2D eigenvalue weighted by Gasteiger charge is 2.47. The molecule has 0 spiro atoms. The summed E-state index contributed by atoms with van der Waals surface area (Å²) < 4.78 is 6.14. The van der Waals surface area contributed by atoms with Gasteiger partial charge in [-0.1, -0.05) is 57.5 Å². The van der Waals surface area contributed by atoms with Gasteiger partial charge < -0.3 is 9.84 Å². The standard InChI is InChI=1S/C21H26O2/c1-20(2)12-7-13-21(20,3)18-14-17(22)10-11-19(18)23-15-16-8-5-4-6-9-16/h4-6,8-11,14,22H,7,12-13,15H2,1-3H3/t21-/m1/s1. The van der Waals surface area contributed by atoms with Crippen molar-refractivity contribution in [2.45, 2.75) is 52.1 Å². The Hall–Kier alpha value is -1.96. The van der Waals surface area contributed by atoms with E-state index in [1.54, 1.807) is 6.07 Å². The van der Waals surface area contributed by atoms with Crippen molar-refractivity contribution >= 4 is 0 Å². The minimum absolute atomic E-state index is 0.0256. The molecule has 0 radical (unpaired) electrons. The first-order valence-electron chi connectivity index (χ1n) is 8.43. The van der Waals surface area contributed by atoms with Crippen LogP contribution in [-0.2, 0) is 12.0 Å². The van der Waals surface area contributed by atoms with E-state index in [1.165, 1.54) is 12.8 Å². The first-order chi connectivity index (χ1) is 10.9. The van der Waals surface area contributed by atoms with Crippen LogP contribution in [0.2, 0.25) is 0 Å². The van der Waals surface area contributed by atoms with Gasteiger partial charge in [0.2, 0.25) is 0 Å². The smallest absolute Gasteiger partial charge is 0.123 e. The Morgan fingerprint density at radius 2 is 1.74 bits per heavy atom. The minimum atomic E-state index is 0.0256. The molecule has 1 aliphatic carbocycles. The summed E-state index contributed by atoms with van der Waals surface area (Å²) in [5.74, 6) is 1.21. The Bertz CT molecular complexity index is 675. The van der Waals surface area contributed by atoms with Gasteiger partial charge in [-0.25, -0.2) is 0 Å². The van der Waals surface area contributed by atoms with E-state index in [9.17, 15) is 5.11 Å². The number of benzene rings is 2. The number of aromatic hydroxyl groups is 1. The van der Waals surface area contributed by atoms with Gasteiger partial charge in [-0.2, -0.15) is 0 Å². The Morgan fingerprint density at radius 1 is 1.00 bits per heavy atom. The first kappa shape index (κ1) is 15.9. The molecule has 2 heteroatoms. The summed E-state index contributed by atoms with van der Waals surface area (Å²) in [7, 11) is 0. The van der Waals surface area contributed by atoms with Gasteiger partial charge >= 0.3 is 0 Å². The van der Waals surface area contributed by atoms with Crippen molar-refractivity contribution < 1.29 is 9.84 Å². The molecule has 2 aromatic carbocycles. The van der Waals surface area contributed by atoms with E-state index in [0.717, 1.165) is 23.3 Å². The normalized spacial score (nSPS) is 22.9. The molecule has 122 valence electrons. The van der Waals surface area contributed by atoms with Gasteiger partial charge in [0.25, 0.3) is 0 Å². The first-order valence-corrected chi connectivity index (χ1v) is 8.43. The molecule has 0 amide bonds. The zero-order valence-electron chi connectivity index (χ0n) is 14.3. The molecule has 1 saturated carbocycles. The van der Waals surface area contributed by atoms with Crippen LogP contribution < -0.4 is 4.74 Å². The maximum absolute atomic E-state index is 10.0. The predicted molar refractivity (Wildman–Crippen MR) is 93.9 cm³/mol. The summed E-state index contributed by atoms with van der Waals surface area (Å²) in [6.45, 7) is 7.51. The number of phenolic OH excluding ortho intramolecular Hbond substituents is 1. The zero-order valence-corrected chi connectivity index (χ0v) is 14.3. The largest absolute Gasteiger partial charge is 0.508 e. The van der Waals surface area contributed by atoms with Crippen molar-refractivity contribution in [3.63, 3.8) is 0 Å². The molecule has 1 atom stereocenters. The highest BCUT2D eigenvalue weighted by molar-refractivity contribution is 5.46. The fourth-order valence-corrected chi connectivity index (χ4v) is 3.81. The third kappa shape index (κ3) is 2.95. The summed E-state index contributed by atoms with van der Waals surface area (Å²) in [6.07, 6.45) is 3.56. The van der Waals surface area contributed by atoms with Crippen LogP contribution in [0, 0.1) is 5.41 Å². The second-order valence-electron chi connectivity index (χ2n) is 7.52. The van der Waals surface area contributed by atoms with E-state index in [2.05, 4.69) is 32.9 Å².